The lowest BCUT2D eigenvalue weighted by Crippen LogP contribution is -1.94. The summed E-state index contributed by atoms with van der Waals surface area (Å²) in [7, 11) is 0. The summed E-state index contributed by atoms with van der Waals surface area (Å²) in [6, 6.07) is 9.49. The number of nitrogens with zero attached hydrogens (tertiary/aromatic N) is 1. The molecule has 0 aliphatic carbocycles. The highest BCUT2D eigenvalue weighted by Crippen LogP contribution is 2.24. The number of benzene rings is 1. The summed E-state index contributed by atoms with van der Waals surface area (Å²) in [5, 5.41) is 0. The topological polar surface area (TPSA) is 64.9 Å². The molecule has 70 valence electrons. The van der Waals surface area contributed by atoms with E-state index in [4.69, 9.17) is 11.5 Å². The van der Waals surface area contributed by atoms with E-state index in [1.165, 1.54) is 0 Å². The Morgan fingerprint density at radius 2 is 1.50 bits per heavy atom. The third-order valence-corrected chi connectivity index (χ3v) is 2.10. The Labute approximate surface area is 82.4 Å². The van der Waals surface area contributed by atoms with E-state index in [1.54, 1.807) is 12.4 Å². The Morgan fingerprint density at radius 1 is 0.786 bits per heavy atom. The highest BCUT2D eigenvalue weighted by molar-refractivity contribution is 5.74. The molecule has 0 radical (unpaired) electrons. The Balaban J connectivity index is 2.48. The van der Waals surface area contributed by atoms with Crippen molar-refractivity contribution in [2.45, 2.75) is 0 Å². The molecule has 1 aromatic carbocycles. The second kappa shape index (κ2) is 3.38. The second-order valence-electron chi connectivity index (χ2n) is 3.08. The quantitative estimate of drug-likeness (QED) is 0.667. The summed E-state index contributed by atoms with van der Waals surface area (Å²) < 4.78 is 0. The maximum absolute atomic E-state index is 5.72. The van der Waals surface area contributed by atoms with Crippen molar-refractivity contribution < 1.29 is 0 Å². The van der Waals surface area contributed by atoms with E-state index in [9.17, 15) is 0 Å². The van der Waals surface area contributed by atoms with Crippen molar-refractivity contribution in [1.29, 1.82) is 0 Å². The Bertz CT molecular complexity index is 438. The fourth-order valence-electron chi connectivity index (χ4n) is 1.30. The monoisotopic (exact) mass is 185 g/mol. The molecule has 0 fully saturated rings. The van der Waals surface area contributed by atoms with Gasteiger partial charge in [-0.2, -0.15) is 0 Å². The molecular formula is C11H11N3. The Hall–Kier alpha value is -2.03. The van der Waals surface area contributed by atoms with Crippen LogP contribution in [0.4, 0.5) is 11.4 Å². The molecule has 3 heteroatoms. The van der Waals surface area contributed by atoms with Crippen LogP contribution in [0.3, 0.4) is 0 Å². The smallest absolute Gasteiger partial charge is 0.0554 e. The average Bonchev–Trinajstić information content (AvgIpc) is 2.23. The highest BCUT2D eigenvalue weighted by Gasteiger charge is 1.99. The molecule has 14 heavy (non-hydrogen) atoms. The van der Waals surface area contributed by atoms with Crippen LogP contribution < -0.4 is 11.5 Å². The molecule has 3 nitrogen and oxygen atoms in total. The summed E-state index contributed by atoms with van der Waals surface area (Å²) in [6.07, 6.45) is 3.50. The first-order valence-electron chi connectivity index (χ1n) is 4.33. The van der Waals surface area contributed by atoms with Crippen molar-refractivity contribution in [1.82, 2.24) is 4.98 Å². The highest BCUT2D eigenvalue weighted by atomic mass is 14.7. The number of hydrogen-bond acceptors (Lipinski definition) is 3. The maximum Gasteiger partial charge on any atom is 0.0554 e. The minimum Gasteiger partial charge on any atom is -0.397 e. The van der Waals surface area contributed by atoms with E-state index in [1.807, 2.05) is 30.3 Å². The Kier molecular flexibility index (Phi) is 2.07. The van der Waals surface area contributed by atoms with Gasteiger partial charge >= 0.3 is 0 Å². The van der Waals surface area contributed by atoms with Crippen molar-refractivity contribution in [2.24, 2.45) is 0 Å². The molecule has 1 heterocycles. The fourth-order valence-corrected chi connectivity index (χ4v) is 1.30. The van der Waals surface area contributed by atoms with Crippen molar-refractivity contribution >= 4 is 11.4 Å². The van der Waals surface area contributed by atoms with Gasteiger partial charge in [0, 0.05) is 12.4 Å². The number of anilines is 2. The number of pyridine rings is 1. The first kappa shape index (κ1) is 8.56. The first-order chi connectivity index (χ1) is 6.77. The molecule has 1 aromatic heterocycles. The summed E-state index contributed by atoms with van der Waals surface area (Å²) in [5.74, 6) is 0. The zero-order valence-corrected chi connectivity index (χ0v) is 7.64. The van der Waals surface area contributed by atoms with Crippen LogP contribution in [0.1, 0.15) is 0 Å². The lowest BCUT2D eigenvalue weighted by molar-refractivity contribution is 1.33. The molecule has 0 saturated heterocycles. The predicted octanol–water partition coefficient (Wildman–Crippen LogP) is 1.91. The molecule has 4 N–H and O–H groups in total. The predicted molar refractivity (Wildman–Crippen MR) is 58.5 cm³/mol. The van der Waals surface area contributed by atoms with E-state index in [0.717, 1.165) is 11.1 Å². The lowest BCUT2D eigenvalue weighted by Gasteiger charge is -2.04. The molecule has 0 atom stereocenters. The van der Waals surface area contributed by atoms with Gasteiger partial charge in [-0.3, -0.25) is 4.98 Å². The molecule has 0 aliphatic heterocycles. The van der Waals surface area contributed by atoms with Gasteiger partial charge in [-0.25, -0.2) is 0 Å². The van der Waals surface area contributed by atoms with Gasteiger partial charge in [0.1, 0.15) is 0 Å². The lowest BCUT2D eigenvalue weighted by atomic mass is 10.1. The van der Waals surface area contributed by atoms with Crippen LogP contribution in [0.25, 0.3) is 11.1 Å². The van der Waals surface area contributed by atoms with Crippen LogP contribution >= 0.6 is 0 Å². The Morgan fingerprint density at radius 3 is 2.14 bits per heavy atom. The van der Waals surface area contributed by atoms with Gasteiger partial charge < -0.3 is 11.5 Å². The third kappa shape index (κ3) is 1.52. The van der Waals surface area contributed by atoms with Gasteiger partial charge in [-0.05, 0) is 35.4 Å². The van der Waals surface area contributed by atoms with Crippen molar-refractivity contribution in [3.05, 3.63) is 42.7 Å². The molecule has 0 amide bonds. The molecule has 0 bridgehead atoms. The summed E-state index contributed by atoms with van der Waals surface area (Å²) >= 11 is 0. The van der Waals surface area contributed by atoms with E-state index in [0.29, 0.717) is 11.4 Å². The number of hydrogen-bond donors (Lipinski definition) is 2. The molecule has 0 aliphatic rings. The summed E-state index contributed by atoms with van der Waals surface area (Å²) in [4.78, 5) is 3.95. The van der Waals surface area contributed by atoms with Gasteiger partial charge in [0.15, 0.2) is 0 Å². The normalized spacial score (nSPS) is 10.0. The van der Waals surface area contributed by atoms with Crippen LogP contribution in [0.2, 0.25) is 0 Å². The largest absolute Gasteiger partial charge is 0.397 e. The van der Waals surface area contributed by atoms with Crippen LogP contribution in [0.5, 0.6) is 0 Å². The summed E-state index contributed by atoms with van der Waals surface area (Å²) in [5.41, 5.74) is 14.7. The molecule has 0 unspecified atom stereocenters. The van der Waals surface area contributed by atoms with E-state index < -0.39 is 0 Å². The molecule has 2 aromatic rings. The minimum atomic E-state index is 0.610. The zero-order chi connectivity index (χ0) is 9.97. The van der Waals surface area contributed by atoms with Crippen LogP contribution in [0.15, 0.2) is 42.7 Å². The van der Waals surface area contributed by atoms with Gasteiger partial charge in [0.05, 0.1) is 11.4 Å². The minimum absolute atomic E-state index is 0.610. The van der Waals surface area contributed by atoms with Crippen LogP contribution in [-0.4, -0.2) is 4.98 Å². The standard InChI is InChI=1S/C11H11N3/c12-10-2-1-9(7-11(10)13)8-3-5-14-6-4-8/h1-7H,12-13H2. The molecule has 0 spiro atoms. The summed E-state index contributed by atoms with van der Waals surface area (Å²) in [6.45, 7) is 0. The third-order valence-electron chi connectivity index (χ3n) is 2.10. The van der Waals surface area contributed by atoms with Gasteiger partial charge in [-0.15, -0.1) is 0 Å². The van der Waals surface area contributed by atoms with Crippen molar-refractivity contribution in [3.8, 4) is 11.1 Å². The SMILES string of the molecule is Nc1ccc(-c2ccncc2)cc1N. The van der Waals surface area contributed by atoms with Crippen molar-refractivity contribution in [3.63, 3.8) is 0 Å². The van der Waals surface area contributed by atoms with E-state index >= 15 is 0 Å². The van der Waals surface area contributed by atoms with E-state index in [2.05, 4.69) is 4.98 Å². The number of rotatable bonds is 1. The number of aromatic nitrogens is 1. The average molecular weight is 185 g/mol. The number of nitrogens with two attached hydrogens (primary N) is 2. The maximum atomic E-state index is 5.72. The number of nitrogen functional groups attached to an aromatic ring is 2. The van der Waals surface area contributed by atoms with Gasteiger partial charge in [-0.1, -0.05) is 6.07 Å². The van der Waals surface area contributed by atoms with Crippen LogP contribution in [-0.2, 0) is 0 Å². The zero-order valence-electron chi connectivity index (χ0n) is 7.64. The van der Waals surface area contributed by atoms with E-state index in [-0.39, 0.29) is 0 Å². The van der Waals surface area contributed by atoms with Crippen LogP contribution in [0, 0.1) is 0 Å². The van der Waals surface area contributed by atoms with Gasteiger partial charge in [0.2, 0.25) is 0 Å². The second-order valence-corrected chi connectivity index (χ2v) is 3.08. The molecule has 2 rings (SSSR count). The molecular weight excluding hydrogens is 174 g/mol. The van der Waals surface area contributed by atoms with Gasteiger partial charge in [0.25, 0.3) is 0 Å². The molecule has 0 saturated carbocycles. The first-order valence-corrected chi connectivity index (χ1v) is 4.33. The van der Waals surface area contributed by atoms with Crippen molar-refractivity contribution in [2.75, 3.05) is 11.5 Å². The fraction of sp³-hybridized carbons (Fsp3) is 0.